The van der Waals surface area contributed by atoms with Crippen LogP contribution in [0.2, 0.25) is 0 Å². The van der Waals surface area contributed by atoms with Gasteiger partial charge in [-0.3, -0.25) is 4.57 Å². The third-order valence-corrected chi connectivity index (χ3v) is 3.21. The van der Waals surface area contributed by atoms with Gasteiger partial charge in [-0.05, 0) is 35.9 Å². The lowest BCUT2D eigenvalue weighted by Gasteiger charge is -2.05. The average molecular weight is 283 g/mol. The Morgan fingerprint density at radius 3 is 2.86 bits per heavy atom. The largest absolute Gasteiger partial charge is 0.420 e. The van der Waals surface area contributed by atoms with Gasteiger partial charge in [-0.15, -0.1) is 0 Å². The molecule has 0 aliphatic carbocycles. The van der Waals surface area contributed by atoms with Crippen LogP contribution in [0.5, 0.6) is 0 Å². The summed E-state index contributed by atoms with van der Waals surface area (Å²) in [4.78, 5) is 11.9. The third kappa shape index (κ3) is 2.25. The topological polar surface area (TPSA) is 85.0 Å². The number of fused-ring (bicyclic) bond motifs is 1. The summed E-state index contributed by atoms with van der Waals surface area (Å²) in [5.41, 5.74) is 7.75. The van der Waals surface area contributed by atoms with Gasteiger partial charge in [0.15, 0.2) is 5.58 Å². The summed E-state index contributed by atoms with van der Waals surface area (Å²) in [6.45, 7) is 0.0520. The Morgan fingerprint density at radius 1 is 1.29 bits per heavy atom. The van der Waals surface area contributed by atoms with Crippen LogP contribution in [0, 0.1) is 17.1 Å². The van der Waals surface area contributed by atoms with Crippen LogP contribution in [-0.4, -0.2) is 4.57 Å². The number of hydrogen-bond donors (Lipinski definition) is 1. The normalized spacial score (nSPS) is 10.7. The van der Waals surface area contributed by atoms with Gasteiger partial charge in [0.05, 0.1) is 23.7 Å². The molecule has 21 heavy (non-hydrogen) atoms. The molecule has 5 nitrogen and oxygen atoms in total. The highest BCUT2D eigenvalue weighted by Crippen LogP contribution is 2.19. The molecule has 6 heteroatoms. The Hall–Kier alpha value is -3.07. The molecular formula is C15H10FN3O2. The number of hydrogen-bond acceptors (Lipinski definition) is 4. The summed E-state index contributed by atoms with van der Waals surface area (Å²) in [7, 11) is 0. The predicted molar refractivity (Wildman–Crippen MR) is 75.1 cm³/mol. The van der Waals surface area contributed by atoms with Gasteiger partial charge >= 0.3 is 5.76 Å². The van der Waals surface area contributed by atoms with Crippen molar-refractivity contribution in [1.82, 2.24) is 4.57 Å². The molecule has 0 fully saturated rings. The highest BCUT2D eigenvalue weighted by Gasteiger charge is 2.12. The van der Waals surface area contributed by atoms with Gasteiger partial charge in [-0.2, -0.15) is 5.26 Å². The molecule has 0 aliphatic heterocycles. The molecular weight excluding hydrogens is 273 g/mol. The molecule has 0 saturated heterocycles. The van der Waals surface area contributed by atoms with Gasteiger partial charge in [0.2, 0.25) is 0 Å². The van der Waals surface area contributed by atoms with Crippen LogP contribution in [0.3, 0.4) is 0 Å². The lowest BCUT2D eigenvalue weighted by molar-refractivity contribution is 0.517. The van der Waals surface area contributed by atoms with Crippen LogP contribution in [0.1, 0.15) is 11.1 Å². The standard InChI is InChI=1S/C15H10FN3O2/c16-11-2-1-9(7-17)10(5-11)8-19-13-4-3-12(18)6-14(13)21-15(19)20/h1-6H,8,18H2. The SMILES string of the molecule is N#Cc1ccc(F)cc1Cn1c(=O)oc2cc(N)ccc21. The van der Waals surface area contributed by atoms with E-state index in [4.69, 9.17) is 15.4 Å². The number of halogens is 1. The molecule has 0 saturated carbocycles. The van der Waals surface area contributed by atoms with Crippen molar-refractivity contribution in [3.63, 3.8) is 0 Å². The summed E-state index contributed by atoms with van der Waals surface area (Å²) in [6, 6.07) is 10.7. The highest BCUT2D eigenvalue weighted by molar-refractivity contribution is 5.76. The molecule has 0 radical (unpaired) electrons. The van der Waals surface area contributed by atoms with E-state index < -0.39 is 11.6 Å². The van der Waals surface area contributed by atoms with E-state index in [1.165, 1.54) is 22.8 Å². The van der Waals surface area contributed by atoms with Crippen molar-refractivity contribution in [3.8, 4) is 6.07 Å². The second kappa shape index (κ2) is 4.80. The summed E-state index contributed by atoms with van der Waals surface area (Å²) in [5.74, 6) is -1.04. The van der Waals surface area contributed by atoms with Gasteiger partial charge in [0.1, 0.15) is 5.82 Å². The maximum atomic E-state index is 13.3. The van der Waals surface area contributed by atoms with E-state index in [0.717, 1.165) is 0 Å². The Labute approximate surface area is 118 Å². The van der Waals surface area contributed by atoms with E-state index >= 15 is 0 Å². The zero-order valence-corrected chi connectivity index (χ0v) is 10.8. The van der Waals surface area contributed by atoms with E-state index in [-0.39, 0.29) is 6.54 Å². The maximum Gasteiger partial charge on any atom is 0.420 e. The Balaban J connectivity index is 2.15. The molecule has 0 amide bonds. The number of nitriles is 1. The van der Waals surface area contributed by atoms with Gasteiger partial charge in [-0.1, -0.05) is 0 Å². The first-order valence-electron chi connectivity index (χ1n) is 6.16. The molecule has 1 heterocycles. The minimum atomic E-state index is -0.580. The molecule has 0 bridgehead atoms. The van der Waals surface area contributed by atoms with Crippen molar-refractivity contribution in [2.75, 3.05) is 5.73 Å². The van der Waals surface area contributed by atoms with E-state index in [9.17, 15) is 9.18 Å². The number of aromatic nitrogens is 1. The first-order valence-corrected chi connectivity index (χ1v) is 6.16. The Morgan fingerprint density at radius 2 is 2.10 bits per heavy atom. The van der Waals surface area contributed by atoms with Crippen LogP contribution in [0.25, 0.3) is 11.1 Å². The lowest BCUT2D eigenvalue weighted by atomic mass is 10.1. The van der Waals surface area contributed by atoms with Crippen molar-refractivity contribution >= 4 is 16.8 Å². The van der Waals surface area contributed by atoms with E-state index in [1.54, 1.807) is 18.2 Å². The van der Waals surface area contributed by atoms with Crippen LogP contribution < -0.4 is 11.5 Å². The second-order valence-electron chi connectivity index (χ2n) is 4.59. The fourth-order valence-electron chi connectivity index (χ4n) is 2.21. The van der Waals surface area contributed by atoms with Gasteiger partial charge in [0, 0.05) is 11.8 Å². The number of rotatable bonds is 2. The van der Waals surface area contributed by atoms with Gasteiger partial charge in [0.25, 0.3) is 0 Å². The summed E-state index contributed by atoms with van der Waals surface area (Å²) in [6.07, 6.45) is 0. The first-order chi connectivity index (χ1) is 10.1. The summed E-state index contributed by atoms with van der Waals surface area (Å²) in [5, 5.41) is 9.06. The molecule has 0 spiro atoms. The zero-order valence-electron chi connectivity index (χ0n) is 10.8. The van der Waals surface area contributed by atoms with Gasteiger partial charge in [-0.25, -0.2) is 9.18 Å². The molecule has 0 unspecified atom stereocenters. The summed E-state index contributed by atoms with van der Waals surface area (Å²) < 4.78 is 19.8. The number of nitrogens with zero attached hydrogens (tertiary/aromatic N) is 2. The van der Waals surface area contributed by atoms with Crippen molar-refractivity contribution in [2.24, 2.45) is 0 Å². The molecule has 2 aromatic carbocycles. The van der Waals surface area contributed by atoms with Crippen molar-refractivity contribution in [1.29, 1.82) is 5.26 Å². The number of benzene rings is 2. The second-order valence-corrected chi connectivity index (χ2v) is 4.59. The smallest absolute Gasteiger partial charge is 0.408 e. The van der Waals surface area contributed by atoms with Crippen molar-refractivity contribution in [3.05, 3.63) is 63.9 Å². The van der Waals surface area contributed by atoms with Crippen LogP contribution in [0.4, 0.5) is 10.1 Å². The molecule has 0 aliphatic rings. The quantitative estimate of drug-likeness (QED) is 0.731. The van der Waals surface area contributed by atoms with E-state index in [0.29, 0.717) is 27.9 Å². The number of oxazole rings is 1. The van der Waals surface area contributed by atoms with Crippen LogP contribution in [-0.2, 0) is 6.54 Å². The van der Waals surface area contributed by atoms with Gasteiger partial charge < -0.3 is 10.2 Å². The molecule has 1 aromatic heterocycles. The minimum absolute atomic E-state index is 0.0520. The fraction of sp³-hybridized carbons (Fsp3) is 0.0667. The molecule has 3 aromatic rings. The Kier molecular flexibility index (Phi) is 2.95. The van der Waals surface area contributed by atoms with Crippen molar-refractivity contribution in [2.45, 2.75) is 6.54 Å². The van der Waals surface area contributed by atoms with Crippen LogP contribution in [0.15, 0.2) is 45.6 Å². The molecule has 104 valence electrons. The molecule has 0 atom stereocenters. The van der Waals surface area contributed by atoms with E-state index in [1.807, 2.05) is 6.07 Å². The number of nitrogen functional groups attached to an aromatic ring is 1. The number of anilines is 1. The highest BCUT2D eigenvalue weighted by atomic mass is 19.1. The number of nitrogens with two attached hydrogens (primary N) is 1. The fourth-order valence-corrected chi connectivity index (χ4v) is 2.21. The maximum absolute atomic E-state index is 13.3. The third-order valence-electron chi connectivity index (χ3n) is 3.21. The Bertz CT molecular complexity index is 934. The summed E-state index contributed by atoms with van der Waals surface area (Å²) >= 11 is 0. The predicted octanol–water partition coefficient (Wildman–Crippen LogP) is 2.24. The molecule has 3 rings (SSSR count). The average Bonchev–Trinajstić information content (AvgIpc) is 2.74. The lowest BCUT2D eigenvalue weighted by Crippen LogP contribution is -2.15. The van der Waals surface area contributed by atoms with Crippen LogP contribution >= 0.6 is 0 Å². The van der Waals surface area contributed by atoms with Crippen molar-refractivity contribution < 1.29 is 8.81 Å². The minimum Gasteiger partial charge on any atom is -0.408 e. The zero-order chi connectivity index (χ0) is 15.0. The first kappa shape index (κ1) is 12.9. The molecule has 2 N–H and O–H groups in total. The van der Waals surface area contributed by atoms with E-state index in [2.05, 4.69) is 0 Å². The monoisotopic (exact) mass is 283 g/mol.